The number of alkyl halides is 17. The van der Waals surface area contributed by atoms with Crippen LogP contribution in [-0.4, -0.2) is 40.8 Å². The number of ketones is 1. The van der Waals surface area contributed by atoms with E-state index in [-0.39, 0.29) is 0 Å². The summed E-state index contributed by atoms with van der Waals surface area (Å²) in [7, 11) is 0. The van der Waals surface area contributed by atoms with Gasteiger partial charge in [0.2, 0.25) is 0 Å². The molecule has 0 aromatic heterocycles. The molecule has 20 heteroatoms. The minimum atomic E-state index is -7.67. The van der Waals surface area contributed by atoms with Crippen molar-refractivity contribution in [2.45, 2.75) is 42.2 Å². The molecular formula is C17H4BrF17O2. The van der Waals surface area contributed by atoms with Crippen molar-refractivity contribution in [3.8, 4) is 0 Å². The third kappa shape index (κ3) is 3.86. The van der Waals surface area contributed by atoms with Crippen LogP contribution in [0.4, 0.5) is 74.6 Å². The Morgan fingerprint density at radius 1 is 0.730 bits per heavy atom. The lowest BCUT2D eigenvalue weighted by atomic mass is 9.74. The van der Waals surface area contributed by atoms with E-state index in [4.69, 9.17) is 0 Å². The van der Waals surface area contributed by atoms with Crippen LogP contribution in [0.15, 0.2) is 22.7 Å². The van der Waals surface area contributed by atoms with Crippen molar-refractivity contribution < 1.29 is 84.5 Å². The summed E-state index contributed by atoms with van der Waals surface area (Å²) in [4.78, 5) is 12.0. The summed E-state index contributed by atoms with van der Waals surface area (Å²) in [5.41, 5.74) is -14.0. The highest BCUT2D eigenvalue weighted by molar-refractivity contribution is 9.10. The first-order valence-corrected chi connectivity index (χ1v) is 9.35. The van der Waals surface area contributed by atoms with Gasteiger partial charge in [-0.3, -0.25) is 4.79 Å². The molecule has 1 N–H and O–H groups in total. The van der Waals surface area contributed by atoms with E-state index < -0.39 is 98.5 Å². The summed E-state index contributed by atoms with van der Waals surface area (Å²) in [6, 6.07) is -1.17. The van der Waals surface area contributed by atoms with Crippen molar-refractivity contribution in [1.82, 2.24) is 0 Å². The molecule has 210 valence electrons. The van der Waals surface area contributed by atoms with E-state index in [0.29, 0.717) is 0 Å². The zero-order valence-corrected chi connectivity index (χ0v) is 18.0. The van der Waals surface area contributed by atoms with Crippen LogP contribution < -0.4 is 0 Å². The molecule has 1 aliphatic rings. The minimum absolute atomic E-state index is 0.535. The molecule has 0 radical (unpaired) electrons. The summed E-state index contributed by atoms with van der Waals surface area (Å²) < 4.78 is 227. The molecule has 0 unspecified atom stereocenters. The van der Waals surface area contributed by atoms with Crippen LogP contribution in [0.3, 0.4) is 0 Å². The number of hydrogen-bond donors (Lipinski definition) is 1. The molecule has 0 heterocycles. The Balaban J connectivity index is 2.96. The van der Waals surface area contributed by atoms with Gasteiger partial charge in [-0.25, -0.2) is 0 Å². The van der Waals surface area contributed by atoms with E-state index >= 15 is 0 Å². The Bertz CT molecular complexity index is 1110. The van der Waals surface area contributed by atoms with E-state index in [2.05, 4.69) is 0 Å². The van der Waals surface area contributed by atoms with Crippen LogP contribution in [0.2, 0.25) is 0 Å². The third-order valence-corrected chi connectivity index (χ3v) is 6.02. The van der Waals surface area contributed by atoms with Crippen LogP contribution >= 0.6 is 15.9 Å². The topological polar surface area (TPSA) is 37.3 Å². The molecule has 0 bridgehead atoms. The van der Waals surface area contributed by atoms with Crippen molar-refractivity contribution in [2.75, 3.05) is 0 Å². The monoisotopic (exact) mass is 642 g/mol. The van der Waals surface area contributed by atoms with Gasteiger partial charge in [-0.2, -0.15) is 74.6 Å². The minimum Gasteiger partial charge on any atom is -0.507 e. The van der Waals surface area contributed by atoms with Crippen LogP contribution in [0.25, 0.3) is 5.76 Å². The van der Waals surface area contributed by atoms with Crippen molar-refractivity contribution in [2.24, 2.45) is 5.41 Å². The van der Waals surface area contributed by atoms with Gasteiger partial charge in [0.1, 0.15) is 5.76 Å². The normalized spacial score (nSPS) is 22.7. The highest BCUT2D eigenvalue weighted by Crippen LogP contribution is 2.75. The number of carbonyl (C=O) groups is 1. The van der Waals surface area contributed by atoms with Gasteiger partial charge >= 0.3 is 42.2 Å². The summed E-state index contributed by atoms with van der Waals surface area (Å²) in [5, 5.41) is 9.74. The summed E-state index contributed by atoms with van der Waals surface area (Å²) in [6.07, 6.45) is -20.7. The lowest BCUT2D eigenvalue weighted by Gasteiger charge is -2.37. The molecule has 1 fully saturated rings. The van der Waals surface area contributed by atoms with E-state index in [1.807, 2.05) is 15.9 Å². The van der Waals surface area contributed by atoms with Gasteiger partial charge in [0.15, 0.2) is 5.78 Å². The van der Waals surface area contributed by atoms with Gasteiger partial charge in [0.25, 0.3) is 5.41 Å². The molecule has 0 aliphatic heterocycles. The smallest absolute Gasteiger partial charge is 0.417 e. The fraction of sp³-hybridized carbons (Fsp3) is 0.471. The Morgan fingerprint density at radius 2 is 1.14 bits per heavy atom. The number of carbonyl (C=O) groups excluding carboxylic acids is 1. The average molecular weight is 643 g/mol. The lowest BCUT2D eigenvalue weighted by Crippen LogP contribution is -2.64. The number of halogens is 18. The summed E-state index contributed by atoms with van der Waals surface area (Å²) in [5.74, 6) is -37.2. The third-order valence-electron chi connectivity index (χ3n) is 5.17. The highest BCUT2D eigenvalue weighted by atomic mass is 79.9. The van der Waals surface area contributed by atoms with Crippen molar-refractivity contribution in [3.05, 3.63) is 39.4 Å². The molecule has 1 aromatic rings. The van der Waals surface area contributed by atoms with Crippen molar-refractivity contribution in [1.29, 1.82) is 0 Å². The molecule has 0 spiro atoms. The molecule has 0 atom stereocenters. The van der Waals surface area contributed by atoms with Gasteiger partial charge in [-0.15, -0.1) is 0 Å². The molecule has 37 heavy (non-hydrogen) atoms. The van der Waals surface area contributed by atoms with Crippen molar-refractivity contribution >= 4 is 27.5 Å². The number of allylic oxidation sites excluding steroid dienone is 1. The number of aliphatic hydroxyl groups excluding tert-OH is 1. The number of rotatable bonds is 3. The highest BCUT2D eigenvalue weighted by Gasteiger charge is 3.06. The molecule has 2 rings (SSSR count). The van der Waals surface area contributed by atoms with Gasteiger partial charge < -0.3 is 5.11 Å². The van der Waals surface area contributed by atoms with Gasteiger partial charge in [-0.1, -0.05) is 0 Å². The SMILES string of the molecule is O=C(/C=C(\O)c1cc(C(F)(F)F)cc(C(F)(F)F)c1Br)C1(C(F)(F)F)C(F)(F)C(F)(F)C(F)(F)C1(F)F. The first-order chi connectivity index (χ1) is 16.0. The second-order valence-corrected chi connectivity index (χ2v) is 8.11. The fourth-order valence-electron chi connectivity index (χ4n) is 3.36. The van der Waals surface area contributed by atoms with Crippen LogP contribution in [0.5, 0.6) is 0 Å². The van der Waals surface area contributed by atoms with E-state index in [0.717, 1.165) is 0 Å². The average Bonchev–Trinajstić information content (AvgIpc) is 2.70. The molecule has 0 saturated heterocycles. The molecule has 1 saturated carbocycles. The Kier molecular flexibility index (Phi) is 6.78. The van der Waals surface area contributed by atoms with Crippen molar-refractivity contribution in [3.63, 3.8) is 0 Å². The zero-order valence-electron chi connectivity index (χ0n) is 16.4. The molecule has 2 nitrogen and oxygen atoms in total. The molecule has 1 aromatic carbocycles. The number of aliphatic hydroxyl groups is 1. The predicted molar refractivity (Wildman–Crippen MR) is 88.0 cm³/mol. The van der Waals surface area contributed by atoms with Crippen LogP contribution in [0, 0.1) is 5.41 Å². The van der Waals surface area contributed by atoms with Crippen LogP contribution in [0.1, 0.15) is 16.7 Å². The largest absolute Gasteiger partial charge is 0.507 e. The molecular weight excluding hydrogens is 639 g/mol. The maximum atomic E-state index is 14.1. The summed E-state index contributed by atoms with van der Waals surface area (Å²) in [6.45, 7) is 0. The van der Waals surface area contributed by atoms with Gasteiger partial charge in [0, 0.05) is 16.1 Å². The quantitative estimate of drug-likeness (QED) is 0.206. The maximum absolute atomic E-state index is 14.1. The Labute approximate surface area is 199 Å². The standard InChI is InChI=1S/C17H4BrF17O2/c18-9-5(1-4(11(19,20)21)2-6(9)12(22,23)24)7(36)3-8(37)10(17(33,34)35)13(25,26)15(29,30)16(31,32)14(10,27)28/h1-3,36H/b7-3-. The lowest BCUT2D eigenvalue weighted by molar-refractivity contribution is -0.341. The second kappa shape index (κ2) is 8.11. The summed E-state index contributed by atoms with van der Waals surface area (Å²) >= 11 is 1.97. The van der Waals surface area contributed by atoms with Crippen LogP contribution in [-0.2, 0) is 17.1 Å². The number of hydrogen-bond acceptors (Lipinski definition) is 2. The first-order valence-electron chi connectivity index (χ1n) is 8.56. The number of benzene rings is 1. The molecule has 1 aliphatic carbocycles. The van der Waals surface area contributed by atoms with Gasteiger partial charge in [0.05, 0.1) is 11.1 Å². The Morgan fingerprint density at radius 3 is 1.46 bits per heavy atom. The van der Waals surface area contributed by atoms with E-state index in [1.54, 1.807) is 0 Å². The first kappa shape index (κ1) is 30.9. The maximum Gasteiger partial charge on any atom is 0.417 e. The predicted octanol–water partition coefficient (Wildman–Crippen LogP) is 8.06. The Hall–Kier alpha value is -2.28. The molecule has 0 amide bonds. The fourth-order valence-corrected chi connectivity index (χ4v) is 4.02. The zero-order chi connectivity index (χ0) is 29.6. The van der Waals surface area contributed by atoms with E-state index in [9.17, 15) is 84.5 Å². The van der Waals surface area contributed by atoms with Gasteiger partial charge in [-0.05, 0) is 28.1 Å². The van der Waals surface area contributed by atoms with E-state index in [1.165, 1.54) is 0 Å². The second-order valence-electron chi connectivity index (χ2n) is 7.32.